The van der Waals surface area contributed by atoms with E-state index in [-0.39, 0.29) is 0 Å². The van der Waals surface area contributed by atoms with Gasteiger partial charge in [0.1, 0.15) is 5.75 Å². The van der Waals surface area contributed by atoms with Crippen molar-refractivity contribution in [3.8, 4) is 5.75 Å². The first-order chi connectivity index (χ1) is 10.1. The van der Waals surface area contributed by atoms with Crippen molar-refractivity contribution in [1.82, 2.24) is 9.78 Å². The fourth-order valence-corrected chi connectivity index (χ4v) is 2.66. The topological polar surface area (TPSA) is 39.1 Å². The van der Waals surface area contributed by atoms with E-state index in [1.165, 1.54) is 0 Å². The molecule has 0 aliphatic rings. The highest BCUT2D eigenvalue weighted by molar-refractivity contribution is 6.31. The molecule has 2 aromatic rings. The molecule has 0 unspecified atom stereocenters. The van der Waals surface area contributed by atoms with Crippen molar-refractivity contribution in [1.29, 1.82) is 0 Å². The molecular formula is C16H22ClN3O. The van der Waals surface area contributed by atoms with Crippen molar-refractivity contribution in [2.24, 2.45) is 0 Å². The van der Waals surface area contributed by atoms with E-state index in [0.29, 0.717) is 6.54 Å². The average molecular weight is 308 g/mol. The second-order valence-corrected chi connectivity index (χ2v) is 5.29. The van der Waals surface area contributed by atoms with Crippen LogP contribution in [0.2, 0.25) is 5.02 Å². The third kappa shape index (κ3) is 3.32. The molecule has 0 radical (unpaired) electrons. The van der Waals surface area contributed by atoms with Crippen molar-refractivity contribution in [2.45, 2.75) is 40.3 Å². The first kappa shape index (κ1) is 15.7. The number of aryl methyl sites for hydroxylation is 3. The zero-order valence-electron chi connectivity index (χ0n) is 13.0. The third-order valence-electron chi connectivity index (χ3n) is 3.57. The Kier molecular flexibility index (Phi) is 5.12. The Morgan fingerprint density at radius 1 is 1.33 bits per heavy atom. The van der Waals surface area contributed by atoms with E-state index in [2.05, 4.69) is 31.2 Å². The molecule has 1 aromatic carbocycles. The Bertz CT molecular complexity index is 622. The maximum Gasteiger partial charge on any atom is 0.119 e. The molecule has 0 spiro atoms. The highest BCUT2D eigenvalue weighted by atomic mass is 35.5. The SMILES string of the molecule is CCc1nn(CC)c(CNc2ccc(OC)cc2C)c1Cl. The van der Waals surface area contributed by atoms with Gasteiger partial charge < -0.3 is 10.1 Å². The molecule has 1 heterocycles. The maximum atomic E-state index is 6.42. The molecule has 21 heavy (non-hydrogen) atoms. The van der Waals surface area contributed by atoms with Gasteiger partial charge in [0, 0.05) is 12.2 Å². The number of benzene rings is 1. The summed E-state index contributed by atoms with van der Waals surface area (Å²) in [5, 5.41) is 8.74. The second kappa shape index (κ2) is 6.85. The molecule has 1 N–H and O–H groups in total. The number of methoxy groups -OCH3 is 1. The van der Waals surface area contributed by atoms with Crippen LogP contribution in [-0.4, -0.2) is 16.9 Å². The molecule has 0 atom stereocenters. The van der Waals surface area contributed by atoms with Crippen LogP contribution in [0.5, 0.6) is 5.75 Å². The molecule has 0 aliphatic heterocycles. The van der Waals surface area contributed by atoms with Gasteiger partial charge in [-0.3, -0.25) is 4.68 Å². The summed E-state index contributed by atoms with van der Waals surface area (Å²) in [6.07, 6.45) is 0.848. The van der Waals surface area contributed by atoms with Gasteiger partial charge in [0.05, 0.1) is 30.1 Å². The van der Waals surface area contributed by atoms with Gasteiger partial charge in [0.15, 0.2) is 0 Å². The van der Waals surface area contributed by atoms with E-state index in [1.54, 1.807) is 7.11 Å². The van der Waals surface area contributed by atoms with Gasteiger partial charge in [0.2, 0.25) is 0 Å². The summed E-state index contributed by atoms with van der Waals surface area (Å²) in [6, 6.07) is 5.99. The number of halogens is 1. The van der Waals surface area contributed by atoms with E-state index in [4.69, 9.17) is 16.3 Å². The lowest BCUT2D eigenvalue weighted by atomic mass is 10.2. The highest BCUT2D eigenvalue weighted by Crippen LogP contribution is 2.25. The van der Waals surface area contributed by atoms with E-state index in [1.807, 2.05) is 22.9 Å². The number of nitrogens with zero attached hydrogens (tertiary/aromatic N) is 2. The smallest absolute Gasteiger partial charge is 0.119 e. The van der Waals surface area contributed by atoms with Crippen LogP contribution in [0.3, 0.4) is 0 Å². The van der Waals surface area contributed by atoms with Gasteiger partial charge >= 0.3 is 0 Å². The minimum Gasteiger partial charge on any atom is -0.497 e. The van der Waals surface area contributed by atoms with Crippen molar-refractivity contribution in [2.75, 3.05) is 12.4 Å². The molecule has 2 rings (SSSR count). The molecule has 0 saturated heterocycles. The Labute approximate surface area is 131 Å². The molecule has 1 aromatic heterocycles. The summed E-state index contributed by atoms with van der Waals surface area (Å²) in [6.45, 7) is 7.68. The van der Waals surface area contributed by atoms with Gasteiger partial charge in [-0.25, -0.2) is 0 Å². The van der Waals surface area contributed by atoms with E-state index in [0.717, 1.165) is 46.4 Å². The monoisotopic (exact) mass is 307 g/mol. The summed E-state index contributed by atoms with van der Waals surface area (Å²) >= 11 is 6.42. The fourth-order valence-electron chi connectivity index (χ4n) is 2.33. The molecule has 0 aliphatic carbocycles. The first-order valence-corrected chi connectivity index (χ1v) is 7.61. The molecular weight excluding hydrogens is 286 g/mol. The molecule has 0 amide bonds. The Morgan fingerprint density at radius 2 is 2.10 bits per heavy atom. The number of nitrogens with one attached hydrogen (secondary N) is 1. The molecule has 0 saturated carbocycles. The summed E-state index contributed by atoms with van der Waals surface area (Å²) < 4.78 is 7.19. The van der Waals surface area contributed by atoms with Gasteiger partial charge in [0.25, 0.3) is 0 Å². The molecule has 0 fully saturated rings. The predicted octanol–water partition coefficient (Wildman–Crippen LogP) is 4.05. The maximum absolute atomic E-state index is 6.42. The molecule has 114 valence electrons. The zero-order chi connectivity index (χ0) is 15.4. The van der Waals surface area contributed by atoms with E-state index < -0.39 is 0 Å². The largest absolute Gasteiger partial charge is 0.497 e. The Morgan fingerprint density at radius 3 is 2.67 bits per heavy atom. The lowest BCUT2D eigenvalue weighted by Crippen LogP contribution is -2.09. The number of aromatic nitrogens is 2. The molecule has 5 heteroatoms. The van der Waals surface area contributed by atoms with Crippen LogP contribution in [0.15, 0.2) is 18.2 Å². The van der Waals surface area contributed by atoms with Crippen LogP contribution in [0.1, 0.15) is 30.8 Å². The summed E-state index contributed by atoms with van der Waals surface area (Å²) in [5.41, 5.74) is 4.21. The molecule has 0 bridgehead atoms. The van der Waals surface area contributed by atoms with E-state index in [9.17, 15) is 0 Å². The van der Waals surface area contributed by atoms with Gasteiger partial charge in [-0.15, -0.1) is 0 Å². The quantitative estimate of drug-likeness (QED) is 0.875. The summed E-state index contributed by atoms with van der Waals surface area (Å²) in [7, 11) is 1.67. The summed E-state index contributed by atoms with van der Waals surface area (Å²) in [4.78, 5) is 0. The number of rotatable bonds is 6. The Hall–Kier alpha value is -1.68. The van der Waals surface area contributed by atoms with Crippen LogP contribution in [0.4, 0.5) is 5.69 Å². The molecule has 4 nitrogen and oxygen atoms in total. The van der Waals surface area contributed by atoms with Crippen molar-refractivity contribution >= 4 is 17.3 Å². The second-order valence-electron chi connectivity index (χ2n) is 4.91. The minimum atomic E-state index is 0.660. The van der Waals surface area contributed by atoms with Crippen molar-refractivity contribution < 1.29 is 4.74 Å². The Balaban J connectivity index is 2.18. The minimum absolute atomic E-state index is 0.660. The van der Waals surface area contributed by atoms with Crippen molar-refractivity contribution in [3.63, 3.8) is 0 Å². The number of hydrogen-bond acceptors (Lipinski definition) is 3. The van der Waals surface area contributed by atoms with Crippen LogP contribution in [-0.2, 0) is 19.5 Å². The first-order valence-electron chi connectivity index (χ1n) is 7.23. The van der Waals surface area contributed by atoms with Crippen molar-refractivity contribution in [3.05, 3.63) is 40.2 Å². The van der Waals surface area contributed by atoms with Gasteiger partial charge in [-0.05, 0) is 44.0 Å². The van der Waals surface area contributed by atoms with Crippen LogP contribution in [0, 0.1) is 6.92 Å². The normalized spacial score (nSPS) is 10.7. The highest BCUT2D eigenvalue weighted by Gasteiger charge is 2.14. The number of anilines is 1. The van der Waals surface area contributed by atoms with Gasteiger partial charge in [-0.2, -0.15) is 5.10 Å². The lowest BCUT2D eigenvalue weighted by Gasteiger charge is -2.12. The van der Waals surface area contributed by atoms with Crippen LogP contribution < -0.4 is 10.1 Å². The van der Waals surface area contributed by atoms with E-state index >= 15 is 0 Å². The number of ether oxygens (including phenoxy) is 1. The zero-order valence-corrected chi connectivity index (χ0v) is 13.8. The lowest BCUT2D eigenvalue weighted by molar-refractivity contribution is 0.414. The van der Waals surface area contributed by atoms with Crippen LogP contribution in [0.25, 0.3) is 0 Å². The third-order valence-corrected chi connectivity index (χ3v) is 4.01. The fraction of sp³-hybridized carbons (Fsp3) is 0.438. The van der Waals surface area contributed by atoms with Crippen LogP contribution >= 0.6 is 11.6 Å². The standard InChI is InChI=1S/C16H22ClN3O/c1-5-13-16(17)15(20(6-2)19-13)10-18-14-8-7-12(21-4)9-11(14)3/h7-9,18H,5-6,10H2,1-4H3. The summed E-state index contributed by atoms with van der Waals surface area (Å²) in [5.74, 6) is 0.864. The van der Waals surface area contributed by atoms with Gasteiger partial charge in [-0.1, -0.05) is 18.5 Å². The average Bonchev–Trinajstić information content (AvgIpc) is 2.81. The predicted molar refractivity (Wildman–Crippen MR) is 87.3 cm³/mol. The number of hydrogen-bond donors (Lipinski definition) is 1.